The number of nitrogens with zero attached hydrogens (tertiary/aromatic N) is 2. The van der Waals surface area contributed by atoms with Crippen LogP contribution in [-0.4, -0.2) is 186 Å². The molecule has 416 valence electrons. The number of hydrogen-bond acceptors (Lipinski definition) is 26. The van der Waals surface area contributed by atoms with E-state index in [9.17, 15) is 57.1 Å². The molecule has 0 bridgehead atoms. The van der Waals surface area contributed by atoms with Crippen molar-refractivity contribution in [1.82, 2.24) is 9.80 Å². The number of carbonyl (C=O) groups is 10. The number of rotatable bonds is 32. The highest BCUT2D eigenvalue weighted by molar-refractivity contribution is 7.54. The Morgan fingerprint density at radius 3 is 0.847 bits per heavy atom. The van der Waals surface area contributed by atoms with Gasteiger partial charge in [0.25, 0.3) is 11.8 Å². The molecule has 0 radical (unpaired) electrons. The highest BCUT2D eigenvalue weighted by Gasteiger charge is 2.37. The number of amides is 2. The summed E-state index contributed by atoms with van der Waals surface area (Å²) < 4.78 is 94.1. The third-order valence-corrected chi connectivity index (χ3v) is 11.4. The third-order valence-electron chi connectivity index (χ3n) is 7.67. The van der Waals surface area contributed by atoms with E-state index in [1.807, 2.05) is 0 Å². The van der Waals surface area contributed by atoms with E-state index < -0.39 is 177 Å². The molecule has 0 aliphatic heterocycles. The zero-order chi connectivity index (χ0) is 55.8. The molecule has 2 N–H and O–H groups in total. The Labute approximate surface area is 415 Å². The predicted octanol–water partition coefficient (Wildman–Crippen LogP) is 4.73. The summed E-state index contributed by atoms with van der Waals surface area (Å²) in [6.07, 6.45) is -9.86. The van der Waals surface area contributed by atoms with E-state index in [1.165, 1.54) is 28.2 Å². The lowest BCUT2D eigenvalue weighted by molar-refractivity contribution is -0.155. The Morgan fingerprint density at radius 1 is 0.417 bits per heavy atom. The van der Waals surface area contributed by atoms with Crippen molar-refractivity contribution in [2.45, 2.75) is 105 Å². The van der Waals surface area contributed by atoms with E-state index in [-0.39, 0.29) is 12.8 Å². The molecule has 2 amide bonds. The first-order valence-electron chi connectivity index (χ1n) is 21.6. The Morgan fingerprint density at radius 2 is 0.653 bits per heavy atom. The van der Waals surface area contributed by atoms with E-state index in [4.69, 9.17) is 56.7 Å². The van der Waals surface area contributed by atoms with Gasteiger partial charge in [-0.2, -0.15) is 0 Å². The van der Waals surface area contributed by atoms with Crippen molar-refractivity contribution in [3.8, 4) is 0 Å². The average Bonchev–Trinajstić information content (AvgIpc) is 3.23. The molecule has 0 rings (SSSR count). The molecular formula is C40H68N2O28P2. The van der Waals surface area contributed by atoms with Gasteiger partial charge < -0.3 is 67.4 Å². The van der Waals surface area contributed by atoms with Crippen LogP contribution in [0, 0.1) is 11.8 Å². The largest absolute Gasteiger partial charge is 0.510 e. The lowest BCUT2D eigenvalue weighted by Gasteiger charge is -2.23. The van der Waals surface area contributed by atoms with Crippen LogP contribution < -0.4 is 0 Å². The first-order chi connectivity index (χ1) is 33.3. The molecule has 0 heterocycles. The van der Waals surface area contributed by atoms with E-state index in [1.54, 1.807) is 55.4 Å². The van der Waals surface area contributed by atoms with Crippen LogP contribution in [0.4, 0.5) is 19.2 Å². The third kappa shape index (κ3) is 36.2. The van der Waals surface area contributed by atoms with E-state index >= 15 is 0 Å². The first-order valence-corrected chi connectivity index (χ1v) is 25.0. The Balaban J connectivity index is 0. The average molecular weight is 1090 g/mol. The highest BCUT2D eigenvalue weighted by Crippen LogP contribution is 2.51. The standard InChI is InChI=1S/2C20H34NO14P/c2*1-13(2)34-19(26)30-11-32-36(28,33-12-31-20(27)35-14(3)4)10-15(7-8-17(23)24)18(25)29-9-16(22)21(5)6/h2*13-15H,7-12H2,1-6H3,(H,23,24). The maximum atomic E-state index is 13.3. The summed E-state index contributed by atoms with van der Waals surface area (Å²) in [7, 11) is -3.05. The smallest absolute Gasteiger partial charge is 0.481 e. The summed E-state index contributed by atoms with van der Waals surface area (Å²) in [4.78, 5) is 119. The van der Waals surface area contributed by atoms with Crippen LogP contribution >= 0.6 is 15.2 Å². The van der Waals surface area contributed by atoms with Gasteiger partial charge in [-0.15, -0.1) is 0 Å². The van der Waals surface area contributed by atoms with Gasteiger partial charge in [-0.1, -0.05) is 0 Å². The number of esters is 2. The van der Waals surface area contributed by atoms with Gasteiger partial charge in [-0.25, -0.2) is 19.2 Å². The molecule has 72 heavy (non-hydrogen) atoms. The van der Waals surface area contributed by atoms with Gasteiger partial charge >= 0.3 is 63.7 Å². The zero-order valence-corrected chi connectivity index (χ0v) is 44.0. The van der Waals surface area contributed by atoms with Crippen molar-refractivity contribution < 1.29 is 133 Å². The maximum Gasteiger partial charge on any atom is 0.510 e. The van der Waals surface area contributed by atoms with Crippen LogP contribution in [-0.2, 0) is 103 Å². The summed E-state index contributed by atoms with van der Waals surface area (Å²) in [5, 5.41) is 18.0. The summed E-state index contributed by atoms with van der Waals surface area (Å²) in [5.41, 5.74) is 0. The van der Waals surface area contributed by atoms with Crippen molar-refractivity contribution in [1.29, 1.82) is 0 Å². The SMILES string of the molecule is CC(C)OC(=O)OCOP(=O)(CC(CCC(=O)O)C(=O)OCC(=O)N(C)C)OCOC(=O)OC(C)C.CC(C)OC(=O)OCOP(=O)(CC(CCC(=O)O)C(=O)OCC(=O)N(C)C)OCOC(=O)OC(C)C. The van der Waals surface area contributed by atoms with E-state index in [2.05, 4.69) is 18.9 Å². The van der Waals surface area contributed by atoms with Gasteiger partial charge in [-0.05, 0) is 68.2 Å². The number of likely N-dealkylation sites (N-methyl/N-ethyl adjacent to an activating group) is 2. The topological polar surface area (TPSA) is 381 Å². The quantitative estimate of drug-likeness (QED) is 0.0398. The molecule has 0 fully saturated rings. The molecule has 0 aliphatic rings. The molecule has 2 atom stereocenters. The fraction of sp³-hybridized carbons (Fsp3) is 0.750. The lowest BCUT2D eigenvalue weighted by atomic mass is 10.1. The normalized spacial score (nSPS) is 12.0. The molecule has 32 heteroatoms. The minimum Gasteiger partial charge on any atom is -0.481 e. The van der Waals surface area contributed by atoms with Crippen molar-refractivity contribution in [3.05, 3.63) is 0 Å². The van der Waals surface area contributed by atoms with Crippen LogP contribution in [0.1, 0.15) is 81.1 Å². The molecule has 0 saturated heterocycles. The molecule has 0 spiro atoms. The monoisotopic (exact) mass is 1090 g/mol. The number of ether oxygens (including phenoxy) is 10. The van der Waals surface area contributed by atoms with Crippen molar-refractivity contribution in [2.75, 3.05) is 80.9 Å². The second-order valence-electron chi connectivity index (χ2n) is 15.9. The second kappa shape index (κ2) is 36.2. The number of carboxylic acids is 2. The Bertz CT molecular complexity index is 1660. The minimum atomic E-state index is -4.39. The summed E-state index contributed by atoms with van der Waals surface area (Å²) in [5.74, 6) is -8.44. The molecule has 0 aromatic rings. The Hall–Kier alpha value is -5.80. The van der Waals surface area contributed by atoms with Gasteiger partial charge in [-0.3, -0.25) is 56.0 Å². The van der Waals surface area contributed by atoms with Gasteiger partial charge in [0.2, 0.25) is 27.2 Å². The number of aliphatic carboxylic acids is 2. The molecule has 0 saturated carbocycles. The van der Waals surface area contributed by atoms with Crippen LogP contribution in [0.3, 0.4) is 0 Å². The van der Waals surface area contributed by atoms with Gasteiger partial charge in [0, 0.05) is 41.0 Å². The summed E-state index contributed by atoms with van der Waals surface area (Å²) in [6.45, 7) is 7.46. The molecular weight excluding hydrogens is 1020 g/mol. The van der Waals surface area contributed by atoms with Crippen molar-refractivity contribution in [3.63, 3.8) is 0 Å². The van der Waals surface area contributed by atoms with Crippen molar-refractivity contribution >= 4 is 75.5 Å². The predicted molar refractivity (Wildman–Crippen MR) is 240 cm³/mol. The maximum absolute atomic E-state index is 13.3. The second-order valence-corrected chi connectivity index (χ2v) is 20.1. The number of carbonyl (C=O) groups excluding carboxylic acids is 8. The summed E-state index contributed by atoms with van der Waals surface area (Å²) >= 11 is 0. The zero-order valence-electron chi connectivity index (χ0n) is 42.2. The Kier molecular flexibility index (Phi) is 34.3. The lowest BCUT2D eigenvalue weighted by Crippen LogP contribution is -2.31. The molecule has 0 aromatic carbocycles. The van der Waals surface area contributed by atoms with Gasteiger partial charge in [0.05, 0.1) is 48.6 Å². The van der Waals surface area contributed by atoms with Gasteiger partial charge in [0.15, 0.2) is 13.2 Å². The van der Waals surface area contributed by atoms with Crippen molar-refractivity contribution in [2.24, 2.45) is 11.8 Å². The number of carboxylic acid groups (broad SMARTS) is 2. The molecule has 2 unspecified atom stereocenters. The molecule has 0 aliphatic carbocycles. The fourth-order valence-electron chi connectivity index (χ4n) is 4.27. The van der Waals surface area contributed by atoms with Crippen LogP contribution in [0.5, 0.6) is 0 Å². The first kappa shape index (κ1) is 68.3. The van der Waals surface area contributed by atoms with Gasteiger partial charge in [0.1, 0.15) is 0 Å². The highest BCUT2D eigenvalue weighted by atomic mass is 31.2. The van der Waals surface area contributed by atoms with E-state index in [0.717, 1.165) is 9.80 Å². The fourth-order valence-corrected chi connectivity index (χ4v) is 7.44. The van der Waals surface area contributed by atoms with Crippen LogP contribution in [0.15, 0.2) is 0 Å². The van der Waals surface area contributed by atoms with Crippen LogP contribution in [0.25, 0.3) is 0 Å². The number of hydrogen-bond donors (Lipinski definition) is 2. The molecule has 0 aromatic heterocycles. The molecule has 30 nitrogen and oxygen atoms in total. The van der Waals surface area contributed by atoms with Crippen LogP contribution in [0.2, 0.25) is 0 Å². The summed E-state index contributed by atoms with van der Waals surface area (Å²) in [6, 6.07) is 0. The minimum absolute atomic E-state index is 0.354. The van der Waals surface area contributed by atoms with E-state index in [0.29, 0.717) is 0 Å².